The number of rotatable bonds is 6. The Bertz CT molecular complexity index is 428. The van der Waals surface area contributed by atoms with E-state index in [1.165, 1.54) is 0 Å². The Hall–Kier alpha value is -1.35. The molecule has 1 amide bonds. The van der Waals surface area contributed by atoms with Crippen LogP contribution in [0.25, 0.3) is 0 Å². The van der Waals surface area contributed by atoms with Crippen molar-refractivity contribution in [1.29, 1.82) is 0 Å². The second-order valence-electron chi connectivity index (χ2n) is 5.37. The van der Waals surface area contributed by atoms with Crippen molar-refractivity contribution in [1.82, 2.24) is 5.32 Å². The quantitative estimate of drug-likeness (QED) is 0.829. The zero-order valence-corrected chi connectivity index (χ0v) is 12.4. The lowest BCUT2D eigenvalue weighted by atomic mass is 9.83. The Balaban J connectivity index is 2.75. The molecule has 1 aromatic carbocycles. The summed E-state index contributed by atoms with van der Waals surface area (Å²) in [5.41, 5.74) is 2.65. The summed E-state index contributed by atoms with van der Waals surface area (Å²) in [6, 6.07) is 5.81. The average molecular weight is 263 g/mol. The highest BCUT2D eigenvalue weighted by molar-refractivity contribution is 5.95. The summed E-state index contributed by atoms with van der Waals surface area (Å²) in [4.78, 5) is 12.2. The van der Waals surface area contributed by atoms with E-state index in [1.807, 2.05) is 45.9 Å². The molecule has 0 spiro atoms. The smallest absolute Gasteiger partial charge is 0.251 e. The van der Waals surface area contributed by atoms with E-state index in [-0.39, 0.29) is 17.9 Å². The van der Waals surface area contributed by atoms with Crippen LogP contribution < -0.4 is 5.32 Å². The summed E-state index contributed by atoms with van der Waals surface area (Å²) in [7, 11) is 0. The van der Waals surface area contributed by atoms with E-state index in [2.05, 4.69) is 5.32 Å². The molecule has 106 valence electrons. The van der Waals surface area contributed by atoms with Gasteiger partial charge in [-0.2, -0.15) is 0 Å². The molecule has 0 aliphatic carbocycles. The van der Waals surface area contributed by atoms with Crippen LogP contribution in [0.2, 0.25) is 0 Å². The topological polar surface area (TPSA) is 49.3 Å². The fourth-order valence-corrected chi connectivity index (χ4v) is 2.21. The largest absolute Gasteiger partial charge is 0.396 e. The van der Waals surface area contributed by atoms with Crippen LogP contribution in [-0.4, -0.2) is 24.2 Å². The second-order valence-corrected chi connectivity index (χ2v) is 5.37. The molecule has 2 N–H and O–H groups in total. The first-order valence-corrected chi connectivity index (χ1v) is 6.94. The lowest BCUT2D eigenvalue weighted by molar-refractivity contribution is 0.0850. The summed E-state index contributed by atoms with van der Waals surface area (Å²) in [5.74, 6) is -0.0581. The van der Waals surface area contributed by atoms with E-state index in [1.54, 1.807) is 0 Å². The van der Waals surface area contributed by atoms with Crippen LogP contribution in [0.1, 0.15) is 48.2 Å². The van der Waals surface area contributed by atoms with Crippen LogP contribution in [0.5, 0.6) is 0 Å². The minimum absolute atomic E-state index is 0.0581. The number of hydrogen-bond acceptors (Lipinski definition) is 2. The van der Waals surface area contributed by atoms with Crippen LogP contribution in [0, 0.1) is 19.3 Å². The zero-order valence-electron chi connectivity index (χ0n) is 12.4. The second kappa shape index (κ2) is 6.71. The van der Waals surface area contributed by atoms with Gasteiger partial charge in [-0.15, -0.1) is 0 Å². The van der Waals surface area contributed by atoms with Gasteiger partial charge in [0, 0.05) is 17.5 Å². The van der Waals surface area contributed by atoms with Gasteiger partial charge < -0.3 is 10.4 Å². The minimum Gasteiger partial charge on any atom is -0.396 e. The maximum absolute atomic E-state index is 12.2. The number of nitrogens with one attached hydrogen (secondary N) is 1. The van der Waals surface area contributed by atoms with E-state index >= 15 is 0 Å². The Labute approximate surface area is 116 Å². The molecule has 3 nitrogen and oxygen atoms in total. The number of aliphatic hydroxyl groups excluding tert-OH is 1. The van der Waals surface area contributed by atoms with Crippen LogP contribution in [0.15, 0.2) is 18.2 Å². The van der Waals surface area contributed by atoms with Gasteiger partial charge in [-0.25, -0.2) is 0 Å². The first-order valence-electron chi connectivity index (χ1n) is 6.94. The van der Waals surface area contributed by atoms with Gasteiger partial charge in [0.05, 0.1) is 6.61 Å². The molecular formula is C16H25NO2. The zero-order chi connectivity index (χ0) is 14.5. The lowest BCUT2D eigenvalue weighted by Gasteiger charge is -2.29. The number of carbonyl (C=O) groups excluding carboxylic acids is 1. The molecule has 0 atom stereocenters. The van der Waals surface area contributed by atoms with Crippen LogP contribution in [0.3, 0.4) is 0 Å². The summed E-state index contributed by atoms with van der Waals surface area (Å²) in [6.45, 7) is 8.67. The third-order valence-electron chi connectivity index (χ3n) is 4.09. The molecule has 3 heteroatoms. The molecule has 1 rings (SSSR count). The van der Waals surface area contributed by atoms with Crippen molar-refractivity contribution in [2.24, 2.45) is 5.41 Å². The summed E-state index contributed by atoms with van der Waals surface area (Å²) in [5, 5.41) is 12.5. The Morgan fingerprint density at radius 2 is 1.89 bits per heavy atom. The number of benzene rings is 1. The van der Waals surface area contributed by atoms with Crippen molar-refractivity contribution in [3.8, 4) is 0 Å². The molecule has 0 bridgehead atoms. The number of amides is 1. The highest BCUT2D eigenvalue weighted by atomic mass is 16.3. The molecule has 19 heavy (non-hydrogen) atoms. The molecule has 0 unspecified atom stereocenters. The molecule has 0 fully saturated rings. The summed E-state index contributed by atoms with van der Waals surface area (Å²) in [6.07, 6.45) is 1.71. The van der Waals surface area contributed by atoms with Crippen LogP contribution in [-0.2, 0) is 0 Å². The Morgan fingerprint density at radius 3 is 2.37 bits per heavy atom. The van der Waals surface area contributed by atoms with Gasteiger partial charge in [-0.3, -0.25) is 4.79 Å². The number of hydrogen-bond donors (Lipinski definition) is 2. The van der Waals surface area contributed by atoms with Gasteiger partial charge in [0.1, 0.15) is 0 Å². The van der Waals surface area contributed by atoms with Crippen molar-refractivity contribution in [3.05, 3.63) is 34.9 Å². The first kappa shape index (κ1) is 15.7. The Morgan fingerprint density at radius 1 is 1.26 bits per heavy atom. The predicted molar refractivity (Wildman–Crippen MR) is 78.4 cm³/mol. The van der Waals surface area contributed by atoms with Gasteiger partial charge in [0.15, 0.2) is 0 Å². The van der Waals surface area contributed by atoms with E-state index in [9.17, 15) is 9.90 Å². The van der Waals surface area contributed by atoms with E-state index < -0.39 is 0 Å². The van der Waals surface area contributed by atoms with Gasteiger partial charge >= 0.3 is 0 Å². The normalized spacial score (nSPS) is 11.4. The molecule has 0 aromatic heterocycles. The third kappa shape index (κ3) is 3.80. The maximum Gasteiger partial charge on any atom is 0.251 e. The van der Waals surface area contributed by atoms with Gasteiger partial charge in [-0.1, -0.05) is 31.5 Å². The molecular weight excluding hydrogens is 238 g/mol. The van der Waals surface area contributed by atoms with Crippen molar-refractivity contribution >= 4 is 5.91 Å². The van der Waals surface area contributed by atoms with E-state index in [4.69, 9.17) is 0 Å². The lowest BCUT2D eigenvalue weighted by Crippen LogP contribution is -2.39. The fourth-order valence-electron chi connectivity index (χ4n) is 2.21. The molecule has 0 saturated carbocycles. The Kier molecular flexibility index (Phi) is 5.55. The molecule has 0 aliphatic rings. The monoisotopic (exact) mass is 263 g/mol. The van der Waals surface area contributed by atoms with Gasteiger partial charge in [0.25, 0.3) is 5.91 Å². The maximum atomic E-state index is 12.2. The van der Waals surface area contributed by atoms with E-state index in [0.717, 1.165) is 24.0 Å². The highest BCUT2D eigenvalue weighted by Gasteiger charge is 2.26. The van der Waals surface area contributed by atoms with Crippen molar-refractivity contribution in [2.45, 2.75) is 40.5 Å². The van der Waals surface area contributed by atoms with Crippen LogP contribution in [0.4, 0.5) is 0 Å². The predicted octanol–water partition coefficient (Wildman–Crippen LogP) is 2.83. The first-order chi connectivity index (χ1) is 8.98. The van der Waals surface area contributed by atoms with E-state index in [0.29, 0.717) is 12.1 Å². The fraction of sp³-hybridized carbons (Fsp3) is 0.562. The molecule has 1 aromatic rings. The van der Waals surface area contributed by atoms with Crippen molar-refractivity contribution < 1.29 is 9.90 Å². The van der Waals surface area contributed by atoms with Crippen molar-refractivity contribution in [2.75, 3.05) is 13.2 Å². The minimum atomic E-state index is -0.200. The average Bonchev–Trinajstić information content (AvgIpc) is 2.40. The molecule has 0 aliphatic heterocycles. The molecule has 0 heterocycles. The number of carbonyl (C=O) groups is 1. The standard InChI is InChI=1S/C16H25NO2/c1-5-16(6-2,11-18)10-17-15(19)14-8-7-12(3)9-13(14)4/h7-9,18H,5-6,10-11H2,1-4H3,(H,17,19). The molecule has 0 saturated heterocycles. The summed E-state index contributed by atoms with van der Waals surface area (Å²) < 4.78 is 0. The van der Waals surface area contributed by atoms with Crippen molar-refractivity contribution in [3.63, 3.8) is 0 Å². The third-order valence-corrected chi connectivity index (χ3v) is 4.09. The summed E-state index contributed by atoms with van der Waals surface area (Å²) >= 11 is 0. The van der Waals surface area contributed by atoms with Crippen LogP contribution >= 0.6 is 0 Å². The number of aliphatic hydroxyl groups is 1. The van der Waals surface area contributed by atoms with Gasteiger partial charge in [0.2, 0.25) is 0 Å². The number of aryl methyl sites for hydroxylation is 2. The highest BCUT2D eigenvalue weighted by Crippen LogP contribution is 2.24. The van der Waals surface area contributed by atoms with Gasteiger partial charge in [-0.05, 0) is 38.3 Å². The molecule has 0 radical (unpaired) electrons. The SMILES string of the molecule is CCC(CC)(CO)CNC(=O)c1ccc(C)cc1C.